The Morgan fingerprint density at radius 3 is 2.50 bits per heavy atom. The molecule has 0 radical (unpaired) electrons. The van der Waals surface area contributed by atoms with Crippen LogP contribution in [0.3, 0.4) is 0 Å². The summed E-state index contributed by atoms with van der Waals surface area (Å²) in [5.41, 5.74) is 3.42. The highest BCUT2D eigenvalue weighted by Crippen LogP contribution is 2.24. The van der Waals surface area contributed by atoms with Crippen molar-refractivity contribution in [2.75, 3.05) is 33.1 Å². The molecule has 158 valence electrons. The highest BCUT2D eigenvalue weighted by molar-refractivity contribution is 5.91. The molecule has 2 aromatic carbocycles. The Hall–Kier alpha value is -3.12. The van der Waals surface area contributed by atoms with Crippen molar-refractivity contribution in [3.8, 4) is 5.75 Å². The van der Waals surface area contributed by atoms with Gasteiger partial charge in [0.05, 0.1) is 7.11 Å². The SMILES string of the molecule is COc1ccc2c(C)c(CCC(=O)Nc3ccc(CCN(C)C)cc3)c(=O)oc2c1. The van der Waals surface area contributed by atoms with Crippen LogP contribution in [0.4, 0.5) is 5.69 Å². The Morgan fingerprint density at radius 1 is 1.10 bits per heavy atom. The zero-order valence-electron chi connectivity index (χ0n) is 18.0. The second-order valence-corrected chi connectivity index (χ2v) is 7.65. The molecule has 0 aliphatic carbocycles. The summed E-state index contributed by atoms with van der Waals surface area (Å²) in [7, 11) is 5.66. The molecule has 0 bridgehead atoms. The predicted molar refractivity (Wildman–Crippen MR) is 119 cm³/mol. The third-order valence-electron chi connectivity index (χ3n) is 5.18. The molecule has 3 rings (SSSR count). The molecule has 0 unspecified atom stereocenters. The Balaban J connectivity index is 1.64. The predicted octanol–water partition coefficient (Wildman–Crippen LogP) is 3.79. The molecule has 30 heavy (non-hydrogen) atoms. The third-order valence-corrected chi connectivity index (χ3v) is 5.18. The Morgan fingerprint density at radius 2 is 1.83 bits per heavy atom. The lowest BCUT2D eigenvalue weighted by Gasteiger charge is -2.11. The van der Waals surface area contributed by atoms with Crippen LogP contribution in [0.5, 0.6) is 5.75 Å². The minimum atomic E-state index is -0.411. The molecule has 6 nitrogen and oxygen atoms in total. The van der Waals surface area contributed by atoms with E-state index in [1.54, 1.807) is 13.2 Å². The minimum absolute atomic E-state index is 0.135. The van der Waals surface area contributed by atoms with E-state index in [0.29, 0.717) is 23.3 Å². The molecule has 0 aliphatic rings. The molecule has 0 saturated heterocycles. The van der Waals surface area contributed by atoms with Crippen LogP contribution in [0.25, 0.3) is 11.0 Å². The van der Waals surface area contributed by atoms with Crippen molar-refractivity contribution in [3.05, 3.63) is 69.6 Å². The third kappa shape index (κ3) is 5.27. The normalized spacial score (nSPS) is 11.1. The number of nitrogens with zero attached hydrogens (tertiary/aromatic N) is 1. The van der Waals surface area contributed by atoms with E-state index in [0.717, 1.165) is 29.6 Å². The second kappa shape index (κ2) is 9.59. The summed E-state index contributed by atoms with van der Waals surface area (Å²) in [6.45, 7) is 2.86. The van der Waals surface area contributed by atoms with Crippen molar-refractivity contribution in [1.29, 1.82) is 0 Å². The van der Waals surface area contributed by atoms with Gasteiger partial charge in [-0.05, 0) is 69.3 Å². The number of nitrogens with one attached hydrogen (secondary N) is 1. The molecular formula is C24H28N2O4. The van der Waals surface area contributed by atoms with Crippen LogP contribution in [-0.4, -0.2) is 38.6 Å². The van der Waals surface area contributed by atoms with Crippen LogP contribution in [0.2, 0.25) is 0 Å². The van der Waals surface area contributed by atoms with Gasteiger partial charge in [-0.1, -0.05) is 12.1 Å². The average molecular weight is 408 g/mol. The van der Waals surface area contributed by atoms with E-state index in [4.69, 9.17) is 9.15 Å². The summed E-state index contributed by atoms with van der Waals surface area (Å²) in [4.78, 5) is 27.0. The van der Waals surface area contributed by atoms with Crippen molar-refractivity contribution >= 4 is 22.6 Å². The number of rotatable bonds is 8. The van der Waals surface area contributed by atoms with Crippen LogP contribution < -0.4 is 15.7 Å². The lowest BCUT2D eigenvalue weighted by molar-refractivity contribution is -0.116. The first-order valence-electron chi connectivity index (χ1n) is 10.0. The van der Waals surface area contributed by atoms with E-state index in [1.807, 2.05) is 57.4 Å². The second-order valence-electron chi connectivity index (χ2n) is 7.65. The standard InChI is InChI=1S/C24H28N2O4/c1-16-20-10-9-19(29-4)15-22(20)30-24(28)21(16)11-12-23(27)25-18-7-5-17(6-8-18)13-14-26(2)3/h5-10,15H,11-14H2,1-4H3,(H,25,27). The summed E-state index contributed by atoms with van der Waals surface area (Å²) < 4.78 is 10.6. The number of benzene rings is 2. The first-order chi connectivity index (χ1) is 14.4. The molecule has 0 aliphatic heterocycles. The molecule has 1 heterocycles. The zero-order valence-corrected chi connectivity index (χ0v) is 18.0. The monoisotopic (exact) mass is 408 g/mol. The van der Waals surface area contributed by atoms with Crippen LogP contribution in [0, 0.1) is 6.92 Å². The summed E-state index contributed by atoms with van der Waals surface area (Å²) in [5.74, 6) is 0.495. The van der Waals surface area contributed by atoms with E-state index in [1.165, 1.54) is 5.56 Å². The van der Waals surface area contributed by atoms with E-state index in [-0.39, 0.29) is 12.3 Å². The van der Waals surface area contributed by atoms with Gasteiger partial charge < -0.3 is 19.4 Å². The number of carbonyl (C=O) groups excluding carboxylic acids is 1. The maximum Gasteiger partial charge on any atom is 0.339 e. The topological polar surface area (TPSA) is 71.8 Å². The van der Waals surface area contributed by atoms with Crippen molar-refractivity contribution in [1.82, 2.24) is 4.90 Å². The maximum atomic E-state index is 12.4. The minimum Gasteiger partial charge on any atom is -0.497 e. The molecule has 0 atom stereocenters. The number of aryl methyl sites for hydroxylation is 1. The molecule has 1 aromatic heterocycles. The summed E-state index contributed by atoms with van der Waals surface area (Å²) in [5, 5.41) is 3.74. The van der Waals surface area contributed by atoms with E-state index in [2.05, 4.69) is 10.2 Å². The van der Waals surface area contributed by atoms with Crippen LogP contribution in [0.15, 0.2) is 51.7 Å². The lowest BCUT2D eigenvalue weighted by atomic mass is 10.0. The van der Waals surface area contributed by atoms with Crippen molar-refractivity contribution < 1.29 is 13.9 Å². The number of hydrogen-bond donors (Lipinski definition) is 1. The van der Waals surface area contributed by atoms with Crippen molar-refractivity contribution in [2.24, 2.45) is 0 Å². The number of ether oxygens (including phenoxy) is 1. The van der Waals surface area contributed by atoms with E-state index < -0.39 is 5.63 Å². The number of anilines is 1. The lowest BCUT2D eigenvalue weighted by Crippen LogP contribution is -2.17. The number of methoxy groups -OCH3 is 1. The van der Waals surface area contributed by atoms with Gasteiger partial charge in [-0.25, -0.2) is 4.79 Å². The molecule has 3 aromatic rings. The Bertz CT molecular complexity index is 1080. The number of likely N-dealkylation sites (N-methyl/N-ethyl adjacent to an activating group) is 1. The molecule has 1 amide bonds. The van der Waals surface area contributed by atoms with E-state index in [9.17, 15) is 9.59 Å². The summed E-state index contributed by atoms with van der Waals surface area (Å²) >= 11 is 0. The average Bonchev–Trinajstić information content (AvgIpc) is 2.72. The molecular weight excluding hydrogens is 380 g/mol. The Kier molecular flexibility index (Phi) is 6.90. The van der Waals surface area contributed by atoms with Crippen molar-refractivity contribution in [3.63, 3.8) is 0 Å². The highest BCUT2D eigenvalue weighted by atomic mass is 16.5. The first-order valence-corrected chi connectivity index (χ1v) is 10.0. The smallest absolute Gasteiger partial charge is 0.339 e. The van der Waals surface area contributed by atoms with Gasteiger partial charge >= 0.3 is 5.63 Å². The molecule has 0 spiro atoms. The van der Waals surface area contributed by atoms with Crippen molar-refractivity contribution in [2.45, 2.75) is 26.2 Å². The van der Waals surface area contributed by atoms with Gasteiger partial charge in [-0.2, -0.15) is 0 Å². The largest absolute Gasteiger partial charge is 0.497 e. The van der Waals surface area contributed by atoms with Gasteiger partial charge in [0.2, 0.25) is 5.91 Å². The van der Waals surface area contributed by atoms with Crippen LogP contribution >= 0.6 is 0 Å². The number of carbonyl (C=O) groups is 1. The molecule has 0 saturated carbocycles. The molecule has 1 N–H and O–H groups in total. The quantitative estimate of drug-likeness (QED) is 0.574. The van der Waals surface area contributed by atoms with Crippen LogP contribution in [0.1, 0.15) is 23.1 Å². The number of amides is 1. The van der Waals surface area contributed by atoms with Gasteiger partial charge in [0.15, 0.2) is 0 Å². The number of hydrogen-bond acceptors (Lipinski definition) is 5. The Labute approximate surface area is 176 Å². The fourth-order valence-corrected chi connectivity index (χ4v) is 3.36. The number of fused-ring (bicyclic) bond motifs is 1. The molecule has 6 heteroatoms. The fourth-order valence-electron chi connectivity index (χ4n) is 3.36. The van der Waals surface area contributed by atoms with Gasteiger partial charge in [-0.3, -0.25) is 4.79 Å². The molecule has 0 fully saturated rings. The summed E-state index contributed by atoms with van der Waals surface area (Å²) in [6.07, 6.45) is 1.49. The van der Waals surface area contributed by atoms with Gasteiger partial charge in [0, 0.05) is 35.7 Å². The first kappa shape index (κ1) is 21.6. The summed E-state index contributed by atoms with van der Waals surface area (Å²) in [6, 6.07) is 13.3. The fraction of sp³-hybridized carbons (Fsp3) is 0.333. The zero-order chi connectivity index (χ0) is 21.7. The van der Waals surface area contributed by atoms with Crippen LogP contribution in [-0.2, 0) is 17.6 Å². The van der Waals surface area contributed by atoms with Gasteiger partial charge in [-0.15, -0.1) is 0 Å². The van der Waals surface area contributed by atoms with Gasteiger partial charge in [0.25, 0.3) is 0 Å². The van der Waals surface area contributed by atoms with E-state index >= 15 is 0 Å². The van der Waals surface area contributed by atoms with Gasteiger partial charge in [0.1, 0.15) is 11.3 Å². The maximum absolute atomic E-state index is 12.4. The highest BCUT2D eigenvalue weighted by Gasteiger charge is 2.14.